The molecule has 0 spiro atoms. The van der Waals surface area contributed by atoms with Crippen molar-refractivity contribution in [2.75, 3.05) is 25.5 Å². The third kappa shape index (κ3) is 4.74. The van der Waals surface area contributed by atoms with Crippen LogP contribution in [0.5, 0.6) is 0 Å². The first kappa shape index (κ1) is 22.9. The van der Waals surface area contributed by atoms with Gasteiger partial charge in [-0.25, -0.2) is 13.2 Å². The number of benzene rings is 2. The molecule has 8 nitrogen and oxygen atoms in total. The Labute approximate surface area is 192 Å². The molecule has 1 saturated heterocycles. The lowest BCUT2D eigenvalue weighted by Crippen LogP contribution is -2.35. The van der Waals surface area contributed by atoms with Gasteiger partial charge in [0.05, 0.1) is 28.8 Å². The average molecular weight is 468 g/mol. The quantitative estimate of drug-likeness (QED) is 0.573. The monoisotopic (exact) mass is 467 g/mol. The van der Waals surface area contributed by atoms with E-state index in [1.54, 1.807) is 24.3 Å². The number of fused-ring (bicyclic) bond motifs is 1. The zero-order valence-electron chi connectivity index (χ0n) is 18.5. The minimum absolute atomic E-state index is 0.175. The van der Waals surface area contributed by atoms with E-state index in [1.165, 1.54) is 35.7 Å². The molecule has 0 saturated carbocycles. The number of carbonyl (C=O) groups excluding carboxylic acids is 2. The number of sulfonamides is 1. The Morgan fingerprint density at radius 1 is 0.970 bits per heavy atom. The summed E-state index contributed by atoms with van der Waals surface area (Å²) in [6, 6.07) is 12.6. The highest BCUT2D eigenvalue weighted by molar-refractivity contribution is 7.89. The number of methoxy groups -OCH3 is 1. The number of nitrogens with zero attached hydrogens (tertiary/aromatic N) is 2. The van der Waals surface area contributed by atoms with Crippen LogP contribution in [0.3, 0.4) is 0 Å². The largest absolute Gasteiger partial charge is 0.465 e. The predicted octanol–water partition coefficient (Wildman–Crippen LogP) is 3.76. The molecule has 0 aliphatic carbocycles. The van der Waals surface area contributed by atoms with Gasteiger partial charge in [-0.1, -0.05) is 6.42 Å². The highest BCUT2D eigenvalue weighted by Crippen LogP contribution is 2.26. The molecule has 172 valence electrons. The first-order valence-corrected chi connectivity index (χ1v) is 12.1. The second-order valence-corrected chi connectivity index (χ2v) is 9.92. The van der Waals surface area contributed by atoms with E-state index in [-0.39, 0.29) is 4.90 Å². The number of anilines is 1. The molecule has 33 heavy (non-hydrogen) atoms. The van der Waals surface area contributed by atoms with Crippen LogP contribution in [-0.2, 0) is 14.8 Å². The van der Waals surface area contributed by atoms with Crippen LogP contribution in [0.4, 0.5) is 5.69 Å². The van der Waals surface area contributed by atoms with Crippen molar-refractivity contribution in [1.29, 1.82) is 0 Å². The van der Waals surface area contributed by atoms with Crippen LogP contribution in [0.2, 0.25) is 0 Å². The average Bonchev–Trinajstić information content (AvgIpc) is 2.83. The number of hydrogen-bond acceptors (Lipinski definition) is 6. The van der Waals surface area contributed by atoms with Crippen molar-refractivity contribution in [1.82, 2.24) is 9.29 Å². The van der Waals surface area contributed by atoms with Gasteiger partial charge in [-0.05, 0) is 68.3 Å². The Morgan fingerprint density at radius 2 is 1.64 bits per heavy atom. The van der Waals surface area contributed by atoms with E-state index < -0.39 is 21.9 Å². The number of esters is 1. The van der Waals surface area contributed by atoms with Crippen LogP contribution < -0.4 is 5.32 Å². The number of hydrogen-bond donors (Lipinski definition) is 1. The molecule has 1 N–H and O–H groups in total. The normalized spacial score (nSPS) is 14.7. The van der Waals surface area contributed by atoms with Gasteiger partial charge in [-0.2, -0.15) is 4.31 Å². The second-order valence-electron chi connectivity index (χ2n) is 7.98. The summed E-state index contributed by atoms with van der Waals surface area (Å²) in [6.07, 6.45) is 2.75. The van der Waals surface area contributed by atoms with Crippen molar-refractivity contribution in [2.24, 2.45) is 0 Å². The molecule has 3 aromatic rings. The number of aryl methyl sites for hydroxylation is 1. The van der Waals surface area contributed by atoms with E-state index >= 15 is 0 Å². The number of nitrogens with one attached hydrogen (secondary N) is 1. The van der Waals surface area contributed by atoms with Gasteiger partial charge in [0.15, 0.2) is 0 Å². The van der Waals surface area contributed by atoms with Crippen molar-refractivity contribution in [3.63, 3.8) is 0 Å². The van der Waals surface area contributed by atoms with Crippen LogP contribution in [0.1, 0.15) is 45.7 Å². The van der Waals surface area contributed by atoms with E-state index in [2.05, 4.69) is 10.3 Å². The summed E-state index contributed by atoms with van der Waals surface area (Å²) in [5, 5.41) is 3.46. The van der Waals surface area contributed by atoms with Crippen molar-refractivity contribution >= 4 is 38.5 Å². The molecule has 0 bridgehead atoms. The first-order chi connectivity index (χ1) is 15.8. The molecule has 1 aromatic heterocycles. The van der Waals surface area contributed by atoms with E-state index in [9.17, 15) is 18.0 Å². The minimum atomic E-state index is -3.56. The number of piperidine rings is 1. The van der Waals surface area contributed by atoms with Crippen molar-refractivity contribution < 1.29 is 22.7 Å². The molecular formula is C24H25N3O5S. The van der Waals surface area contributed by atoms with Crippen molar-refractivity contribution in [3.05, 3.63) is 65.4 Å². The lowest BCUT2D eigenvalue weighted by Gasteiger charge is -2.25. The standard InChI is InChI=1S/C24H25N3O5S/c1-16-14-22(20-15-18(24(29)32-2)8-11-21(20)25-16)26-23(28)17-6-9-19(10-7-17)33(30,31)27-12-4-3-5-13-27/h6-11,14-15H,3-5,12-13H2,1-2H3,(H,25,26,28). The van der Waals surface area contributed by atoms with E-state index in [4.69, 9.17) is 4.74 Å². The van der Waals surface area contributed by atoms with Gasteiger partial charge in [0.25, 0.3) is 5.91 Å². The van der Waals surface area contributed by atoms with Crippen LogP contribution in [-0.4, -0.2) is 49.8 Å². The molecular weight excluding hydrogens is 442 g/mol. The summed E-state index contributed by atoms with van der Waals surface area (Å²) in [5.74, 6) is -0.882. The number of pyridine rings is 1. The Balaban J connectivity index is 1.60. The molecule has 2 heterocycles. The highest BCUT2D eigenvalue weighted by atomic mass is 32.2. The van der Waals surface area contributed by atoms with Gasteiger partial charge >= 0.3 is 5.97 Å². The predicted molar refractivity (Wildman–Crippen MR) is 125 cm³/mol. The lowest BCUT2D eigenvalue weighted by molar-refractivity contribution is 0.0600. The molecule has 0 unspecified atom stereocenters. The fraction of sp³-hybridized carbons (Fsp3) is 0.292. The van der Waals surface area contributed by atoms with Crippen molar-refractivity contribution in [2.45, 2.75) is 31.1 Å². The SMILES string of the molecule is COC(=O)c1ccc2nc(C)cc(NC(=O)c3ccc(S(=O)(=O)N4CCCCC4)cc3)c2c1. The lowest BCUT2D eigenvalue weighted by atomic mass is 10.1. The number of aromatic nitrogens is 1. The van der Waals surface area contributed by atoms with Gasteiger partial charge in [0, 0.05) is 29.7 Å². The van der Waals surface area contributed by atoms with E-state index in [0.29, 0.717) is 46.5 Å². The molecule has 1 aliphatic heterocycles. The van der Waals surface area contributed by atoms with E-state index in [1.807, 2.05) is 6.92 Å². The second kappa shape index (κ2) is 9.29. The molecule has 1 amide bonds. The molecule has 4 rings (SSSR count). The number of rotatable bonds is 5. The highest BCUT2D eigenvalue weighted by Gasteiger charge is 2.26. The summed E-state index contributed by atoms with van der Waals surface area (Å²) in [4.78, 5) is 29.5. The minimum Gasteiger partial charge on any atom is -0.465 e. The van der Waals surface area contributed by atoms with Crippen molar-refractivity contribution in [3.8, 4) is 0 Å². The van der Waals surface area contributed by atoms with Gasteiger partial charge in [0.2, 0.25) is 10.0 Å². The molecule has 1 fully saturated rings. The number of carbonyl (C=O) groups is 2. The molecule has 1 aliphatic rings. The third-order valence-corrected chi connectivity index (χ3v) is 7.59. The summed E-state index contributed by atoms with van der Waals surface area (Å²) in [5.41, 5.74) is 2.49. The summed E-state index contributed by atoms with van der Waals surface area (Å²) in [6.45, 7) is 2.85. The summed E-state index contributed by atoms with van der Waals surface area (Å²) < 4.78 is 32.0. The maximum absolute atomic E-state index is 12.9. The van der Waals surface area contributed by atoms with Crippen LogP contribution >= 0.6 is 0 Å². The van der Waals surface area contributed by atoms with Crippen LogP contribution in [0.15, 0.2) is 53.4 Å². The maximum Gasteiger partial charge on any atom is 0.337 e. The fourth-order valence-corrected chi connectivity index (χ4v) is 5.45. The topological polar surface area (TPSA) is 106 Å². The van der Waals surface area contributed by atoms with Gasteiger partial charge < -0.3 is 10.1 Å². The maximum atomic E-state index is 12.9. The number of ether oxygens (including phenoxy) is 1. The Bertz CT molecular complexity index is 1310. The van der Waals surface area contributed by atoms with Crippen LogP contribution in [0, 0.1) is 6.92 Å². The summed E-state index contributed by atoms with van der Waals surface area (Å²) in [7, 11) is -2.26. The number of amides is 1. The summed E-state index contributed by atoms with van der Waals surface area (Å²) >= 11 is 0. The van der Waals surface area contributed by atoms with Gasteiger partial charge in [-0.15, -0.1) is 0 Å². The van der Waals surface area contributed by atoms with E-state index in [0.717, 1.165) is 19.3 Å². The Hall–Kier alpha value is -3.30. The van der Waals surface area contributed by atoms with Gasteiger partial charge in [0.1, 0.15) is 0 Å². The third-order valence-electron chi connectivity index (χ3n) is 5.68. The van der Waals surface area contributed by atoms with Gasteiger partial charge in [-0.3, -0.25) is 9.78 Å². The molecule has 0 atom stereocenters. The Morgan fingerprint density at radius 3 is 2.30 bits per heavy atom. The Kier molecular flexibility index (Phi) is 6.44. The molecule has 0 radical (unpaired) electrons. The first-order valence-electron chi connectivity index (χ1n) is 10.7. The smallest absolute Gasteiger partial charge is 0.337 e. The fourth-order valence-electron chi connectivity index (χ4n) is 3.93. The van der Waals surface area contributed by atoms with Crippen LogP contribution in [0.25, 0.3) is 10.9 Å². The zero-order chi connectivity index (χ0) is 23.6. The zero-order valence-corrected chi connectivity index (χ0v) is 19.3. The molecule has 2 aromatic carbocycles. The molecule has 9 heteroatoms.